The molecule has 3 heterocycles. The number of benzene rings is 1. The summed E-state index contributed by atoms with van der Waals surface area (Å²) in [5.41, 5.74) is 10.4. The fraction of sp³-hybridized carbons (Fsp3) is 0.600. The fourth-order valence-corrected chi connectivity index (χ4v) is 8.04. The zero-order chi connectivity index (χ0) is 27.9. The maximum Gasteiger partial charge on any atom is 0.343 e. The van der Waals surface area contributed by atoms with Gasteiger partial charge in [0, 0.05) is 12.6 Å². The lowest BCUT2D eigenvalue weighted by Gasteiger charge is -2.40. The van der Waals surface area contributed by atoms with Gasteiger partial charge in [-0.15, -0.1) is 11.3 Å². The molecule has 2 aliphatic rings. The fourth-order valence-electron chi connectivity index (χ4n) is 6.06. The van der Waals surface area contributed by atoms with E-state index >= 15 is 0 Å². The molecule has 1 aromatic carbocycles. The third kappa shape index (κ3) is 5.63. The molecule has 2 aromatic heterocycles. The van der Waals surface area contributed by atoms with Crippen LogP contribution in [0.25, 0.3) is 21.5 Å². The minimum absolute atomic E-state index is 0.0982. The van der Waals surface area contributed by atoms with E-state index in [1.807, 2.05) is 6.33 Å². The maximum atomic E-state index is 13.1. The van der Waals surface area contributed by atoms with Gasteiger partial charge in [-0.1, -0.05) is 46.1 Å². The second kappa shape index (κ2) is 10.9. The van der Waals surface area contributed by atoms with Crippen LogP contribution in [0.1, 0.15) is 96.0 Å². The highest BCUT2D eigenvalue weighted by Gasteiger charge is 2.42. The SMILES string of the molecule is COC(=O)c1c(N2CCC[C@@H]2C(C)(C)O[Si]C(C)(C)C)sc(-c2ccc3c(c2)ncn3C2CCCCC2)c1N. The van der Waals surface area contributed by atoms with Crippen LogP contribution in [0.2, 0.25) is 5.04 Å². The Morgan fingerprint density at radius 1 is 1.10 bits per heavy atom. The molecule has 3 aromatic rings. The van der Waals surface area contributed by atoms with Gasteiger partial charge in [0.1, 0.15) is 10.6 Å². The van der Waals surface area contributed by atoms with E-state index in [1.165, 1.54) is 39.2 Å². The lowest BCUT2D eigenvalue weighted by atomic mass is 9.95. The van der Waals surface area contributed by atoms with Crippen molar-refractivity contribution in [3.05, 3.63) is 30.1 Å². The summed E-state index contributed by atoms with van der Waals surface area (Å²) in [6.45, 7) is 11.8. The molecule has 1 atom stereocenters. The second-order valence-electron chi connectivity index (χ2n) is 12.6. The Balaban J connectivity index is 1.51. The number of nitrogens with zero attached hydrogens (tertiary/aromatic N) is 3. The lowest BCUT2D eigenvalue weighted by molar-refractivity contribution is 0.0600. The van der Waals surface area contributed by atoms with Crippen molar-refractivity contribution in [2.75, 3.05) is 24.3 Å². The van der Waals surface area contributed by atoms with Gasteiger partial charge in [0.25, 0.3) is 0 Å². The van der Waals surface area contributed by atoms with Crippen LogP contribution in [0.4, 0.5) is 10.7 Å². The van der Waals surface area contributed by atoms with Gasteiger partial charge >= 0.3 is 5.97 Å². The van der Waals surface area contributed by atoms with Crippen molar-refractivity contribution < 1.29 is 14.0 Å². The number of imidazole rings is 1. The molecule has 5 rings (SSSR count). The van der Waals surface area contributed by atoms with Gasteiger partial charge in [-0.05, 0) is 62.3 Å². The van der Waals surface area contributed by atoms with Gasteiger partial charge in [0.15, 0.2) is 0 Å². The molecule has 0 bridgehead atoms. The molecule has 7 nitrogen and oxygen atoms in total. The van der Waals surface area contributed by atoms with Gasteiger partial charge < -0.3 is 24.4 Å². The molecular formula is C30H42N4O3SSi. The smallest absolute Gasteiger partial charge is 0.343 e. The molecule has 0 amide bonds. The van der Waals surface area contributed by atoms with Gasteiger partial charge in [-0.3, -0.25) is 0 Å². The molecule has 1 aliphatic heterocycles. The predicted octanol–water partition coefficient (Wildman–Crippen LogP) is 7.24. The van der Waals surface area contributed by atoms with Crippen LogP contribution in [0.5, 0.6) is 0 Å². The van der Waals surface area contributed by atoms with Crippen molar-refractivity contribution in [2.45, 2.75) is 102 Å². The zero-order valence-electron chi connectivity index (χ0n) is 24.2. The Hall–Kier alpha value is -2.36. The third-order valence-electron chi connectivity index (χ3n) is 8.06. The molecule has 2 fully saturated rings. The van der Waals surface area contributed by atoms with E-state index in [0.29, 0.717) is 27.1 Å². The number of hydrogen-bond acceptors (Lipinski definition) is 7. The van der Waals surface area contributed by atoms with Crippen LogP contribution in [0.3, 0.4) is 0 Å². The van der Waals surface area contributed by atoms with Crippen molar-refractivity contribution in [3.8, 4) is 10.4 Å². The topological polar surface area (TPSA) is 82.6 Å². The lowest BCUT2D eigenvalue weighted by Crippen LogP contribution is -2.49. The van der Waals surface area contributed by atoms with Gasteiger partial charge in [-0.25, -0.2) is 9.78 Å². The molecule has 2 radical (unpaired) electrons. The Kier molecular flexibility index (Phi) is 7.87. The number of rotatable bonds is 7. The number of nitrogen functional groups attached to an aromatic ring is 1. The molecule has 0 spiro atoms. The van der Waals surface area contributed by atoms with Crippen LogP contribution in [0.15, 0.2) is 24.5 Å². The monoisotopic (exact) mass is 566 g/mol. The van der Waals surface area contributed by atoms with Crippen molar-refractivity contribution in [1.82, 2.24) is 9.55 Å². The van der Waals surface area contributed by atoms with Crippen molar-refractivity contribution >= 4 is 48.8 Å². The normalized spacial score (nSPS) is 19.2. The van der Waals surface area contributed by atoms with E-state index in [0.717, 1.165) is 45.9 Å². The summed E-state index contributed by atoms with van der Waals surface area (Å²) in [5, 5.41) is 0.974. The maximum absolute atomic E-state index is 13.1. The Labute approximate surface area is 239 Å². The zero-order valence-corrected chi connectivity index (χ0v) is 26.0. The van der Waals surface area contributed by atoms with Crippen LogP contribution < -0.4 is 10.6 Å². The van der Waals surface area contributed by atoms with Crippen molar-refractivity contribution in [2.24, 2.45) is 0 Å². The van der Waals surface area contributed by atoms with E-state index < -0.39 is 5.97 Å². The summed E-state index contributed by atoms with van der Waals surface area (Å²) in [4.78, 5) is 21.1. The number of carbonyl (C=O) groups is 1. The average molecular weight is 567 g/mol. The Morgan fingerprint density at radius 2 is 1.85 bits per heavy atom. The summed E-state index contributed by atoms with van der Waals surface area (Å²) >= 11 is 1.58. The van der Waals surface area contributed by atoms with E-state index in [4.69, 9.17) is 19.9 Å². The van der Waals surface area contributed by atoms with Gasteiger partial charge in [0.2, 0.25) is 9.76 Å². The molecule has 39 heavy (non-hydrogen) atoms. The number of fused-ring (bicyclic) bond motifs is 1. The second-order valence-corrected chi connectivity index (χ2v) is 15.5. The highest BCUT2D eigenvalue weighted by atomic mass is 32.1. The molecule has 9 heteroatoms. The predicted molar refractivity (Wildman–Crippen MR) is 162 cm³/mol. The highest BCUT2D eigenvalue weighted by Crippen LogP contribution is 2.48. The summed E-state index contributed by atoms with van der Waals surface area (Å²) in [5.74, 6) is -0.395. The van der Waals surface area contributed by atoms with Crippen LogP contribution in [0, 0.1) is 0 Å². The quantitative estimate of drug-likeness (QED) is 0.240. The van der Waals surface area contributed by atoms with E-state index in [9.17, 15) is 4.79 Å². The molecule has 0 unspecified atom stereocenters. The summed E-state index contributed by atoms with van der Waals surface area (Å²) in [6, 6.07) is 7.05. The molecular weight excluding hydrogens is 525 g/mol. The number of hydrogen-bond donors (Lipinski definition) is 1. The minimum atomic E-state index is -0.395. The minimum Gasteiger partial charge on any atom is -0.465 e. The largest absolute Gasteiger partial charge is 0.465 e. The van der Waals surface area contributed by atoms with Gasteiger partial charge in [0.05, 0.1) is 46.7 Å². The first-order chi connectivity index (χ1) is 18.5. The van der Waals surface area contributed by atoms with Gasteiger partial charge in [-0.2, -0.15) is 0 Å². The van der Waals surface area contributed by atoms with Crippen molar-refractivity contribution in [3.63, 3.8) is 0 Å². The average Bonchev–Trinajstić information content (AvgIpc) is 3.64. The van der Waals surface area contributed by atoms with Crippen LogP contribution >= 0.6 is 11.3 Å². The Bertz CT molecular complexity index is 1340. The molecule has 1 saturated carbocycles. The van der Waals surface area contributed by atoms with Crippen LogP contribution in [-0.4, -0.2) is 50.6 Å². The standard InChI is InChI=1S/C30H42N4O3SSi/c1-29(2,3)39-37-30(4,5)23-13-10-16-33(23)27-24(28(35)36-6)25(31)26(38-27)19-14-15-22-21(17-19)32-18-34(22)20-11-8-7-9-12-20/h14-15,17-18,20,23H,7-13,16,31H2,1-6H3/t23-/m1/s1. The van der Waals surface area contributed by atoms with E-state index in [-0.39, 0.29) is 16.7 Å². The molecule has 1 aliphatic carbocycles. The van der Waals surface area contributed by atoms with Crippen molar-refractivity contribution in [1.29, 1.82) is 0 Å². The molecule has 1 saturated heterocycles. The number of thiophene rings is 1. The highest BCUT2D eigenvalue weighted by molar-refractivity contribution is 7.20. The third-order valence-corrected chi connectivity index (χ3v) is 10.6. The number of nitrogens with two attached hydrogens (primary N) is 1. The first-order valence-electron chi connectivity index (χ1n) is 14.2. The Morgan fingerprint density at radius 3 is 2.54 bits per heavy atom. The number of carbonyl (C=O) groups excluding carboxylic acids is 1. The summed E-state index contributed by atoms with van der Waals surface area (Å²) in [7, 11) is 1.81. The van der Waals surface area contributed by atoms with Crippen LogP contribution in [-0.2, 0) is 9.16 Å². The first kappa shape index (κ1) is 28.2. The summed E-state index contributed by atoms with van der Waals surface area (Å²) in [6.07, 6.45) is 10.3. The number of ether oxygens (including phenoxy) is 1. The van der Waals surface area contributed by atoms with E-state index in [2.05, 4.69) is 62.3 Å². The first-order valence-corrected chi connectivity index (χ1v) is 15.9. The number of aromatic nitrogens is 2. The summed E-state index contributed by atoms with van der Waals surface area (Å²) < 4.78 is 14.1. The molecule has 2 N–H and O–H groups in total. The van der Waals surface area contributed by atoms with E-state index in [1.54, 1.807) is 11.3 Å². The number of esters is 1. The number of anilines is 2. The molecule has 210 valence electrons. The number of methoxy groups -OCH3 is 1.